The Balaban J connectivity index is 1.59. The van der Waals surface area contributed by atoms with Crippen LogP contribution in [0.4, 0.5) is 17.2 Å². The Labute approximate surface area is 178 Å². The van der Waals surface area contributed by atoms with E-state index in [9.17, 15) is 9.59 Å². The molecule has 4 rings (SSSR count). The van der Waals surface area contributed by atoms with Crippen molar-refractivity contribution in [2.75, 3.05) is 23.3 Å². The predicted octanol–water partition coefficient (Wildman–Crippen LogP) is 2.06. The molecule has 0 spiro atoms. The summed E-state index contributed by atoms with van der Waals surface area (Å²) in [5, 5.41) is 17.9. The van der Waals surface area contributed by atoms with Gasteiger partial charge < -0.3 is 27.1 Å². The first-order valence-electron chi connectivity index (χ1n) is 9.98. The monoisotopic (exact) mass is 420 g/mol. The first-order valence-corrected chi connectivity index (χ1v) is 9.98. The average Bonchev–Trinajstić information content (AvgIpc) is 3.23. The lowest BCUT2D eigenvalue weighted by Crippen LogP contribution is -2.46. The summed E-state index contributed by atoms with van der Waals surface area (Å²) >= 11 is 0. The number of piperidine rings is 1. The van der Waals surface area contributed by atoms with Gasteiger partial charge in [0.05, 0.1) is 40.9 Å². The molecule has 3 heterocycles. The third kappa shape index (κ3) is 3.79. The van der Waals surface area contributed by atoms with E-state index in [-0.39, 0.29) is 34.7 Å². The second-order valence-corrected chi connectivity index (χ2v) is 7.86. The summed E-state index contributed by atoms with van der Waals surface area (Å²) in [5.74, 6) is -1.09. The topological polar surface area (TPSA) is 167 Å². The lowest BCUT2D eigenvalue weighted by atomic mass is 9.89. The number of benzene rings is 1. The molecule has 2 atom stereocenters. The Hall–Kier alpha value is -3.95. The summed E-state index contributed by atoms with van der Waals surface area (Å²) in [6.45, 7) is 2.54. The van der Waals surface area contributed by atoms with Crippen LogP contribution in [0, 0.1) is 11.3 Å². The van der Waals surface area contributed by atoms with E-state index in [1.807, 2.05) is 18.2 Å². The van der Waals surface area contributed by atoms with Gasteiger partial charge in [-0.25, -0.2) is 4.98 Å². The molecule has 2 amide bonds. The molecule has 0 aliphatic carbocycles. The van der Waals surface area contributed by atoms with Crippen molar-refractivity contribution in [1.82, 2.24) is 20.1 Å². The minimum atomic E-state index is -0.808. The van der Waals surface area contributed by atoms with Crippen LogP contribution >= 0.6 is 0 Å². The predicted molar refractivity (Wildman–Crippen MR) is 119 cm³/mol. The number of nitrogens with zero attached hydrogens (tertiary/aromatic N) is 3. The maximum absolute atomic E-state index is 13.1. The molecule has 1 aliphatic heterocycles. The highest BCUT2D eigenvalue weighted by Gasteiger charge is 2.34. The maximum Gasteiger partial charge on any atom is 0.314 e. The Morgan fingerprint density at radius 3 is 2.87 bits per heavy atom. The first kappa shape index (κ1) is 20.3. The van der Waals surface area contributed by atoms with Gasteiger partial charge in [-0.15, -0.1) is 0 Å². The van der Waals surface area contributed by atoms with Crippen molar-refractivity contribution in [3.63, 3.8) is 0 Å². The number of aromatic nitrogens is 3. The number of pyridine rings is 1. The Bertz CT molecular complexity index is 1170. The molecule has 0 bridgehead atoms. The highest BCUT2D eigenvalue weighted by Crippen LogP contribution is 2.35. The van der Waals surface area contributed by atoms with Gasteiger partial charge in [-0.3, -0.25) is 14.7 Å². The maximum atomic E-state index is 13.1. The van der Waals surface area contributed by atoms with Gasteiger partial charge in [-0.1, -0.05) is 13.0 Å². The average molecular weight is 420 g/mol. The van der Waals surface area contributed by atoms with Crippen molar-refractivity contribution < 1.29 is 9.59 Å². The van der Waals surface area contributed by atoms with E-state index in [0.717, 1.165) is 35.5 Å². The fourth-order valence-corrected chi connectivity index (χ4v) is 4.01. The molecule has 1 aromatic carbocycles. The molecule has 2 aromatic heterocycles. The molecule has 31 heavy (non-hydrogen) atoms. The lowest BCUT2D eigenvalue weighted by molar-refractivity contribution is -0.146. The molecule has 160 valence electrons. The third-order valence-electron chi connectivity index (χ3n) is 5.70. The number of nitrogens with one attached hydrogen (secondary N) is 3. The largest absolute Gasteiger partial charge is 0.396 e. The number of nitrogens with two attached hydrogens (primary N) is 2. The first-order chi connectivity index (χ1) is 14.9. The minimum absolute atomic E-state index is 0.0800. The van der Waals surface area contributed by atoms with Crippen LogP contribution < -0.4 is 16.8 Å². The summed E-state index contributed by atoms with van der Waals surface area (Å²) in [7, 11) is 0. The van der Waals surface area contributed by atoms with Gasteiger partial charge in [0.2, 0.25) is 0 Å². The molecular formula is C21H24N8O2. The molecular weight excluding hydrogens is 396 g/mol. The Kier molecular flexibility index (Phi) is 5.28. The van der Waals surface area contributed by atoms with Crippen LogP contribution in [0.3, 0.4) is 0 Å². The lowest BCUT2D eigenvalue weighted by Gasteiger charge is -2.38. The summed E-state index contributed by atoms with van der Waals surface area (Å²) in [5.41, 5.74) is 14.0. The molecule has 7 N–H and O–H groups in total. The van der Waals surface area contributed by atoms with Gasteiger partial charge >= 0.3 is 11.8 Å². The van der Waals surface area contributed by atoms with E-state index in [0.29, 0.717) is 6.54 Å². The number of hydrogen-bond acceptors (Lipinski definition) is 7. The molecule has 1 saturated heterocycles. The van der Waals surface area contributed by atoms with Crippen molar-refractivity contribution in [2.45, 2.75) is 25.8 Å². The number of anilines is 3. The van der Waals surface area contributed by atoms with E-state index < -0.39 is 11.8 Å². The van der Waals surface area contributed by atoms with Gasteiger partial charge in [0.25, 0.3) is 0 Å². The highest BCUT2D eigenvalue weighted by atomic mass is 16.2. The van der Waals surface area contributed by atoms with E-state index in [2.05, 4.69) is 27.4 Å². The number of likely N-dealkylation sites (tertiary alicyclic amines) is 1. The standard InChI is InChI=1S/C21H24N8O2/c1-11-2-5-17(12-3-4-15-13(6-12)8-26-28-15)29(10-11)21(31)20(30)27-16-9-25-19(24)14(7-22)18(16)23/h3-4,6-9,11,17,22H,2,5,10H2,1H3,(H,26,28)(H,27,30)(H4,23,24,25)/t11-,17+/m0/s1. The molecule has 1 fully saturated rings. The molecule has 3 aromatic rings. The fraction of sp³-hybridized carbons (Fsp3) is 0.286. The number of nitrogen functional groups attached to an aromatic ring is 2. The number of fused-ring (bicyclic) bond motifs is 1. The van der Waals surface area contributed by atoms with E-state index in [1.165, 1.54) is 6.20 Å². The zero-order valence-corrected chi connectivity index (χ0v) is 17.1. The summed E-state index contributed by atoms with van der Waals surface area (Å²) in [6.07, 6.45) is 5.69. The van der Waals surface area contributed by atoms with Crippen LogP contribution in [0.1, 0.15) is 36.9 Å². The number of carbonyl (C=O) groups is 2. The van der Waals surface area contributed by atoms with Gasteiger partial charge in [-0.05, 0) is 36.5 Å². The number of amides is 2. The van der Waals surface area contributed by atoms with Crippen molar-refractivity contribution in [2.24, 2.45) is 5.92 Å². The van der Waals surface area contributed by atoms with Crippen LogP contribution in [-0.2, 0) is 9.59 Å². The summed E-state index contributed by atoms with van der Waals surface area (Å²) in [6, 6.07) is 5.67. The smallest absolute Gasteiger partial charge is 0.314 e. The van der Waals surface area contributed by atoms with Gasteiger partial charge in [0.1, 0.15) is 5.82 Å². The number of carbonyl (C=O) groups excluding carboxylic acids is 2. The number of rotatable bonds is 3. The van der Waals surface area contributed by atoms with Gasteiger partial charge in [0, 0.05) is 18.1 Å². The van der Waals surface area contributed by atoms with Crippen LogP contribution in [0.15, 0.2) is 30.6 Å². The number of H-pyrrole nitrogens is 1. The van der Waals surface area contributed by atoms with Crippen LogP contribution in [0.5, 0.6) is 0 Å². The fourth-order valence-electron chi connectivity index (χ4n) is 4.01. The highest BCUT2D eigenvalue weighted by molar-refractivity contribution is 6.40. The second kappa shape index (κ2) is 8.05. The zero-order valence-electron chi connectivity index (χ0n) is 17.1. The van der Waals surface area contributed by atoms with Crippen molar-refractivity contribution in [3.05, 3.63) is 41.7 Å². The van der Waals surface area contributed by atoms with Gasteiger partial charge in [-0.2, -0.15) is 5.10 Å². The molecule has 10 heteroatoms. The normalized spacial score (nSPS) is 18.7. The van der Waals surface area contributed by atoms with Gasteiger partial charge in [0.15, 0.2) is 0 Å². The van der Waals surface area contributed by atoms with E-state index in [4.69, 9.17) is 16.9 Å². The summed E-state index contributed by atoms with van der Waals surface area (Å²) in [4.78, 5) is 31.5. The third-order valence-corrected chi connectivity index (χ3v) is 5.70. The molecule has 10 nitrogen and oxygen atoms in total. The summed E-state index contributed by atoms with van der Waals surface area (Å²) < 4.78 is 0. The zero-order chi connectivity index (χ0) is 22.1. The van der Waals surface area contributed by atoms with E-state index in [1.54, 1.807) is 11.1 Å². The second-order valence-electron chi connectivity index (χ2n) is 7.86. The Morgan fingerprint density at radius 2 is 2.10 bits per heavy atom. The molecule has 0 radical (unpaired) electrons. The minimum Gasteiger partial charge on any atom is -0.396 e. The molecule has 1 aliphatic rings. The SMILES string of the molecule is C[C@H]1CC[C@H](c2ccc3[nH]ncc3c2)N(C(=O)C(=O)Nc2cnc(N)c(C=N)c2N)C1. The van der Waals surface area contributed by atoms with Crippen molar-refractivity contribution >= 4 is 46.1 Å². The number of aromatic amines is 1. The quantitative estimate of drug-likeness (QED) is 0.321. The van der Waals surface area contributed by atoms with Crippen LogP contribution in [0.25, 0.3) is 10.9 Å². The van der Waals surface area contributed by atoms with E-state index >= 15 is 0 Å². The Morgan fingerprint density at radius 1 is 1.29 bits per heavy atom. The van der Waals surface area contributed by atoms with Crippen molar-refractivity contribution in [3.8, 4) is 0 Å². The van der Waals surface area contributed by atoms with Crippen LogP contribution in [0.2, 0.25) is 0 Å². The van der Waals surface area contributed by atoms with Crippen molar-refractivity contribution in [1.29, 1.82) is 5.41 Å². The molecule has 0 unspecified atom stereocenters. The molecule has 0 saturated carbocycles. The van der Waals surface area contributed by atoms with Crippen LogP contribution in [-0.4, -0.2) is 44.7 Å². The number of hydrogen-bond donors (Lipinski definition) is 5.